The minimum absolute atomic E-state index is 0.0557. The van der Waals surface area contributed by atoms with Crippen molar-refractivity contribution in [2.45, 2.75) is 25.8 Å². The van der Waals surface area contributed by atoms with Crippen LogP contribution in [0.4, 0.5) is 0 Å². The predicted molar refractivity (Wildman–Crippen MR) is 55.3 cm³/mol. The summed E-state index contributed by atoms with van der Waals surface area (Å²) in [4.78, 5) is 19.2. The number of aromatic nitrogens is 2. The number of nitrogens with zero attached hydrogens (tertiary/aromatic N) is 2. The van der Waals surface area contributed by atoms with E-state index in [9.17, 15) is 4.79 Å². The minimum atomic E-state index is -0.296. The first-order chi connectivity index (χ1) is 7.27. The lowest BCUT2D eigenvalue weighted by molar-refractivity contribution is 0.0907. The lowest BCUT2D eigenvalue weighted by atomic mass is 10.2. The molecule has 1 aromatic rings. The quantitative estimate of drug-likeness (QED) is 0.734. The maximum atomic E-state index is 11.6. The smallest absolute Gasteiger partial charge is 0.271 e. The van der Waals surface area contributed by atoms with Gasteiger partial charge < -0.3 is 10.4 Å². The number of aliphatic hydroxyl groups excluding tert-OH is 1. The average molecular weight is 209 g/mol. The van der Waals surface area contributed by atoms with Crippen molar-refractivity contribution in [1.82, 2.24) is 15.3 Å². The summed E-state index contributed by atoms with van der Waals surface area (Å²) in [5.74, 6) is -0.296. The zero-order chi connectivity index (χ0) is 11.1. The molecule has 0 saturated carbocycles. The lowest BCUT2D eigenvalue weighted by Gasteiger charge is -2.14. The van der Waals surface area contributed by atoms with E-state index < -0.39 is 0 Å². The molecule has 0 saturated heterocycles. The van der Waals surface area contributed by atoms with Crippen molar-refractivity contribution in [3.8, 4) is 0 Å². The fourth-order valence-electron chi connectivity index (χ4n) is 1.23. The van der Waals surface area contributed by atoms with Gasteiger partial charge in [0.1, 0.15) is 5.69 Å². The Morgan fingerprint density at radius 2 is 2.40 bits per heavy atom. The zero-order valence-corrected chi connectivity index (χ0v) is 8.68. The highest BCUT2D eigenvalue weighted by molar-refractivity contribution is 5.92. The van der Waals surface area contributed by atoms with Gasteiger partial charge in [0.05, 0.1) is 18.8 Å². The number of rotatable bonds is 5. The number of hydrogen-bond acceptors (Lipinski definition) is 4. The summed E-state index contributed by atoms with van der Waals surface area (Å²) in [6.07, 6.45) is 6.03. The summed E-state index contributed by atoms with van der Waals surface area (Å²) in [7, 11) is 0. The van der Waals surface area contributed by atoms with Gasteiger partial charge in [-0.3, -0.25) is 9.78 Å². The number of amides is 1. The van der Waals surface area contributed by atoms with Gasteiger partial charge in [-0.25, -0.2) is 4.98 Å². The van der Waals surface area contributed by atoms with Gasteiger partial charge in [0.25, 0.3) is 5.91 Å². The van der Waals surface area contributed by atoms with Crippen LogP contribution in [0.3, 0.4) is 0 Å². The molecule has 0 fully saturated rings. The van der Waals surface area contributed by atoms with E-state index in [0.717, 1.165) is 12.8 Å². The van der Waals surface area contributed by atoms with Gasteiger partial charge in [0, 0.05) is 12.4 Å². The number of nitrogens with one attached hydrogen (secondary N) is 1. The second kappa shape index (κ2) is 6.08. The van der Waals surface area contributed by atoms with E-state index in [0.29, 0.717) is 0 Å². The van der Waals surface area contributed by atoms with Gasteiger partial charge in [-0.2, -0.15) is 0 Å². The number of carbonyl (C=O) groups excluding carboxylic acids is 1. The lowest BCUT2D eigenvalue weighted by Crippen LogP contribution is -2.37. The van der Waals surface area contributed by atoms with E-state index >= 15 is 0 Å². The molecule has 1 atom stereocenters. The van der Waals surface area contributed by atoms with Crippen LogP contribution in [-0.2, 0) is 0 Å². The molecule has 0 bridgehead atoms. The van der Waals surface area contributed by atoms with Gasteiger partial charge >= 0.3 is 0 Å². The molecular formula is C10H15N3O2. The molecule has 0 aliphatic carbocycles. The number of hydrogen-bond donors (Lipinski definition) is 2. The van der Waals surface area contributed by atoms with Crippen LogP contribution in [0.25, 0.3) is 0 Å². The van der Waals surface area contributed by atoms with E-state index in [1.54, 1.807) is 0 Å². The van der Waals surface area contributed by atoms with Crippen LogP contribution in [0.15, 0.2) is 18.6 Å². The largest absolute Gasteiger partial charge is 0.394 e. The second-order valence-electron chi connectivity index (χ2n) is 3.23. The van der Waals surface area contributed by atoms with Crippen LogP contribution in [0, 0.1) is 0 Å². The van der Waals surface area contributed by atoms with Gasteiger partial charge in [0.15, 0.2) is 0 Å². The van der Waals surface area contributed by atoms with E-state index in [2.05, 4.69) is 15.3 Å². The SMILES string of the molecule is CCCC(CO)NC(=O)c1cnccn1. The molecule has 0 aliphatic rings. The third-order valence-corrected chi connectivity index (χ3v) is 1.99. The Kier molecular flexibility index (Phi) is 4.70. The molecule has 2 N–H and O–H groups in total. The van der Waals surface area contributed by atoms with E-state index in [4.69, 9.17) is 5.11 Å². The van der Waals surface area contributed by atoms with Crippen molar-refractivity contribution in [2.24, 2.45) is 0 Å². The Morgan fingerprint density at radius 3 is 2.93 bits per heavy atom. The fourth-order valence-corrected chi connectivity index (χ4v) is 1.23. The first kappa shape index (κ1) is 11.6. The topological polar surface area (TPSA) is 75.1 Å². The second-order valence-corrected chi connectivity index (χ2v) is 3.23. The monoisotopic (exact) mass is 209 g/mol. The van der Waals surface area contributed by atoms with E-state index in [1.165, 1.54) is 18.6 Å². The third-order valence-electron chi connectivity index (χ3n) is 1.99. The Hall–Kier alpha value is -1.49. The highest BCUT2D eigenvalue weighted by Crippen LogP contribution is 1.98. The molecule has 0 aliphatic heterocycles. The molecule has 1 unspecified atom stereocenters. The standard InChI is InChI=1S/C10H15N3O2/c1-2-3-8(7-14)13-10(15)9-6-11-4-5-12-9/h4-6,8,14H,2-3,7H2,1H3,(H,13,15). The fraction of sp³-hybridized carbons (Fsp3) is 0.500. The van der Waals surface area contributed by atoms with Crippen molar-refractivity contribution in [3.05, 3.63) is 24.3 Å². The van der Waals surface area contributed by atoms with Crippen molar-refractivity contribution in [2.75, 3.05) is 6.61 Å². The van der Waals surface area contributed by atoms with Gasteiger partial charge in [-0.05, 0) is 6.42 Å². The molecule has 0 aromatic carbocycles. The summed E-state index contributed by atoms with van der Waals surface area (Å²) in [5, 5.41) is 11.7. The molecule has 15 heavy (non-hydrogen) atoms. The molecule has 5 heteroatoms. The maximum absolute atomic E-state index is 11.6. The molecule has 0 spiro atoms. The summed E-state index contributed by atoms with van der Waals surface area (Å²) >= 11 is 0. The summed E-state index contributed by atoms with van der Waals surface area (Å²) < 4.78 is 0. The van der Waals surface area contributed by atoms with Crippen LogP contribution < -0.4 is 5.32 Å². The predicted octanol–water partition coefficient (Wildman–Crippen LogP) is 0.367. The van der Waals surface area contributed by atoms with E-state index in [-0.39, 0.29) is 24.2 Å². The van der Waals surface area contributed by atoms with Crippen molar-refractivity contribution in [1.29, 1.82) is 0 Å². The number of carbonyl (C=O) groups is 1. The number of aliphatic hydroxyl groups is 1. The Balaban J connectivity index is 2.55. The molecular weight excluding hydrogens is 194 g/mol. The summed E-state index contributed by atoms with van der Waals surface area (Å²) in [6, 6.07) is -0.204. The summed E-state index contributed by atoms with van der Waals surface area (Å²) in [5.41, 5.74) is 0.270. The highest BCUT2D eigenvalue weighted by atomic mass is 16.3. The van der Waals surface area contributed by atoms with Crippen LogP contribution >= 0.6 is 0 Å². The van der Waals surface area contributed by atoms with Gasteiger partial charge in [-0.15, -0.1) is 0 Å². The van der Waals surface area contributed by atoms with E-state index in [1.807, 2.05) is 6.92 Å². The molecule has 1 heterocycles. The average Bonchev–Trinajstić information content (AvgIpc) is 2.29. The van der Waals surface area contributed by atoms with Crippen LogP contribution in [0.1, 0.15) is 30.3 Å². The molecule has 1 aromatic heterocycles. The van der Waals surface area contributed by atoms with Crippen LogP contribution in [0.5, 0.6) is 0 Å². The highest BCUT2D eigenvalue weighted by Gasteiger charge is 2.12. The van der Waals surface area contributed by atoms with Crippen molar-refractivity contribution >= 4 is 5.91 Å². The first-order valence-electron chi connectivity index (χ1n) is 4.95. The van der Waals surface area contributed by atoms with Gasteiger partial charge in [0.2, 0.25) is 0 Å². The van der Waals surface area contributed by atoms with Crippen molar-refractivity contribution in [3.63, 3.8) is 0 Å². The molecule has 82 valence electrons. The Bertz CT molecular complexity index is 303. The van der Waals surface area contributed by atoms with Crippen LogP contribution in [0.2, 0.25) is 0 Å². The summed E-state index contributed by atoms with van der Waals surface area (Å²) in [6.45, 7) is 1.94. The van der Waals surface area contributed by atoms with Crippen molar-refractivity contribution < 1.29 is 9.90 Å². The normalized spacial score (nSPS) is 12.1. The third kappa shape index (κ3) is 3.63. The van der Waals surface area contributed by atoms with Crippen LogP contribution in [-0.4, -0.2) is 33.6 Å². The first-order valence-corrected chi connectivity index (χ1v) is 4.95. The Labute approximate surface area is 88.6 Å². The molecule has 1 rings (SSSR count). The Morgan fingerprint density at radius 1 is 1.60 bits per heavy atom. The molecule has 0 radical (unpaired) electrons. The minimum Gasteiger partial charge on any atom is -0.394 e. The molecule has 1 amide bonds. The zero-order valence-electron chi connectivity index (χ0n) is 8.68. The van der Waals surface area contributed by atoms with Gasteiger partial charge in [-0.1, -0.05) is 13.3 Å². The molecule has 5 nitrogen and oxygen atoms in total. The maximum Gasteiger partial charge on any atom is 0.271 e.